The number of aliphatic hydroxyl groups excluding tert-OH is 1. The summed E-state index contributed by atoms with van der Waals surface area (Å²) in [7, 11) is -1.94. The summed E-state index contributed by atoms with van der Waals surface area (Å²) >= 11 is 0. The van der Waals surface area contributed by atoms with Crippen molar-refractivity contribution >= 4 is 10.2 Å². The maximum atomic E-state index is 11.8. The highest BCUT2D eigenvalue weighted by molar-refractivity contribution is 7.87. The standard InChI is InChI=1S/C13H22N2O3S/c1-11(2)15(3)19(17,18)14-10-9-13(16)12-7-5-4-6-8-12/h4-8,11,13-14,16H,9-10H2,1-3H3. The average Bonchev–Trinajstić information content (AvgIpc) is 2.38. The van der Waals surface area contributed by atoms with Crippen molar-refractivity contribution in [1.29, 1.82) is 0 Å². The quantitative estimate of drug-likeness (QED) is 0.793. The van der Waals surface area contributed by atoms with Crippen molar-refractivity contribution in [2.24, 2.45) is 0 Å². The largest absolute Gasteiger partial charge is 0.388 e. The fourth-order valence-corrected chi connectivity index (χ4v) is 2.68. The molecule has 0 saturated carbocycles. The van der Waals surface area contributed by atoms with E-state index in [0.717, 1.165) is 5.56 Å². The highest BCUT2D eigenvalue weighted by Gasteiger charge is 2.20. The predicted molar refractivity (Wildman–Crippen MR) is 75.8 cm³/mol. The monoisotopic (exact) mass is 286 g/mol. The molecule has 1 rings (SSSR count). The van der Waals surface area contributed by atoms with Crippen molar-refractivity contribution in [1.82, 2.24) is 9.03 Å². The van der Waals surface area contributed by atoms with Gasteiger partial charge in [0.25, 0.3) is 10.2 Å². The summed E-state index contributed by atoms with van der Waals surface area (Å²) in [5.41, 5.74) is 0.791. The first-order chi connectivity index (χ1) is 8.84. The zero-order valence-electron chi connectivity index (χ0n) is 11.6. The maximum absolute atomic E-state index is 11.8. The lowest BCUT2D eigenvalue weighted by Gasteiger charge is -2.21. The molecule has 2 N–H and O–H groups in total. The molecule has 0 aliphatic rings. The van der Waals surface area contributed by atoms with E-state index in [1.54, 1.807) is 13.8 Å². The molecule has 108 valence electrons. The Morgan fingerprint density at radius 2 is 1.84 bits per heavy atom. The molecule has 0 aliphatic heterocycles. The second kappa shape index (κ2) is 7.00. The van der Waals surface area contributed by atoms with E-state index in [1.807, 2.05) is 30.3 Å². The summed E-state index contributed by atoms with van der Waals surface area (Å²) in [6, 6.07) is 9.09. The fraction of sp³-hybridized carbons (Fsp3) is 0.538. The molecule has 5 nitrogen and oxygen atoms in total. The van der Waals surface area contributed by atoms with E-state index in [0.29, 0.717) is 6.42 Å². The fourth-order valence-electron chi connectivity index (χ4n) is 1.55. The summed E-state index contributed by atoms with van der Waals surface area (Å²) in [5, 5.41) is 9.92. The lowest BCUT2D eigenvalue weighted by Crippen LogP contribution is -2.42. The van der Waals surface area contributed by atoms with Crippen molar-refractivity contribution in [2.75, 3.05) is 13.6 Å². The van der Waals surface area contributed by atoms with E-state index in [2.05, 4.69) is 4.72 Å². The summed E-state index contributed by atoms with van der Waals surface area (Å²) in [5.74, 6) is 0. The minimum absolute atomic E-state index is 0.100. The van der Waals surface area contributed by atoms with E-state index >= 15 is 0 Å². The molecule has 0 amide bonds. The molecule has 0 heterocycles. The van der Waals surface area contributed by atoms with E-state index in [9.17, 15) is 13.5 Å². The molecular weight excluding hydrogens is 264 g/mol. The first-order valence-electron chi connectivity index (χ1n) is 6.30. The van der Waals surface area contributed by atoms with Crippen LogP contribution in [0.3, 0.4) is 0 Å². The Labute approximate surface area is 115 Å². The van der Waals surface area contributed by atoms with Crippen LogP contribution in [0.25, 0.3) is 0 Å². The Bertz CT molecular complexity index is 474. The van der Waals surface area contributed by atoms with Gasteiger partial charge >= 0.3 is 0 Å². The SMILES string of the molecule is CC(C)N(C)S(=O)(=O)NCCC(O)c1ccccc1. The summed E-state index contributed by atoms with van der Waals surface area (Å²) in [4.78, 5) is 0. The number of rotatable bonds is 7. The molecule has 0 aliphatic carbocycles. The zero-order valence-corrected chi connectivity index (χ0v) is 12.4. The van der Waals surface area contributed by atoms with E-state index in [4.69, 9.17) is 0 Å². The topological polar surface area (TPSA) is 69.6 Å². The molecule has 0 aromatic heterocycles. The normalized spacial score (nSPS) is 14.0. The van der Waals surface area contributed by atoms with Gasteiger partial charge in [-0.15, -0.1) is 0 Å². The maximum Gasteiger partial charge on any atom is 0.279 e. The Hall–Kier alpha value is -0.950. The Morgan fingerprint density at radius 3 is 2.37 bits per heavy atom. The van der Waals surface area contributed by atoms with Crippen LogP contribution in [-0.4, -0.2) is 37.5 Å². The molecule has 1 aromatic carbocycles. The van der Waals surface area contributed by atoms with Gasteiger partial charge in [-0.1, -0.05) is 30.3 Å². The third-order valence-corrected chi connectivity index (χ3v) is 4.74. The molecule has 0 fully saturated rings. The van der Waals surface area contributed by atoms with Crippen LogP contribution >= 0.6 is 0 Å². The van der Waals surface area contributed by atoms with E-state index < -0.39 is 16.3 Å². The Kier molecular flexibility index (Phi) is 5.93. The lowest BCUT2D eigenvalue weighted by molar-refractivity contribution is 0.169. The predicted octanol–water partition coefficient (Wildman–Crippen LogP) is 1.28. The molecule has 0 bridgehead atoms. The number of hydrogen-bond acceptors (Lipinski definition) is 3. The molecule has 1 aromatic rings. The van der Waals surface area contributed by atoms with Gasteiger partial charge in [-0.25, -0.2) is 4.72 Å². The number of aliphatic hydroxyl groups is 1. The second-order valence-electron chi connectivity index (χ2n) is 4.72. The number of hydrogen-bond donors (Lipinski definition) is 2. The minimum atomic E-state index is -3.47. The highest BCUT2D eigenvalue weighted by Crippen LogP contribution is 2.15. The lowest BCUT2D eigenvalue weighted by atomic mass is 10.1. The molecular formula is C13H22N2O3S. The zero-order chi connectivity index (χ0) is 14.5. The number of benzene rings is 1. The molecule has 1 unspecified atom stereocenters. The third kappa shape index (κ3) is 4.91. The van der Waals surface area contributed by atoms with Gasteiger partial charge in [0.1, 0.15) is 0 Å². The minimum Gasteiger partial charge on any atom is -0.388 e. The molecule has 0 radical (unpaired) electrons. The van der Waals surface area contributed by atoms with Gasteiger partial charge in [-0.05, 0) is 25.8 Å². The van der Waals surface area contributed by atoms with Gasteiger partial charge in [0.05, 0.1) is 6.10 Å². The second-order valence-corrected chi connectivity index (χ2v) is 6.54. The van der Waals surface area contributed by atoms with Crippen LogP contribution in [-0.2, 0) is 10.2 Å². The smallest absolute Gasteiger partial charge is 0.279 e. The van der Waals surface area contributed by atoms with Crippen molar-refractivity contribution in [3.63, 3.8) is 0 Å². The highest BCUT2D eigenvalue weighted by atomic mass is 32.2. The molecule has 1 atom stereocenters. The molecule has 0 spiro atoms. The van der Waals surface area contributed by atoms with E-state index in [1.165, 1.54) is 11.4 Å². The number of nitrogens with one attached hydrogen (secondary N) is 1. The van der Waals surface area contributed by atoms with Crippen LogP contribution in [0.5, 0.6) is 0 Å². The van der Waals surface area contributed by atoms with Gasteiger partial charge in [0.2, 0.25) is 0 Å². The van der Waals surface area contributed by atoms with Gasteiger partial charge in [-0.2, -0.15) is 12.7 Å². The Morgan fingerprint density at radius 1 is 1.26 bits per heavy atom. The first kappa shape index (κ1) is 16.1. The van der Waals surface area contributed by atoms with E-state index in [-0.39, 0.29) is 12.6 Å². The van der Waals surface area contributed by atoms with Gasteiger partial charge in [0.15, 0.2) is 0 Å². The molecule has 0 saturated heterocycles. The van der Waals surface area contributed by atoms with Crippen LogP contribution in [0.4, 0.5) is 0 Å². The summed E-state index contributed by atoms with van der Waals surface area (Å²) < 4.78 is 27.4. The first-order valence-corrected chi connectivity index (χ1v) is 7.74. The molecule has 19 heavy (non-hydrogen) atoms. The van der Waals surface area contributed by atoms with Crippen LogP contribution < -0.4 is 4.72 Å². The Balaban J connectivity index is 2.47. The van der Waals surface area contributed by atoms with Crippen LogP contribution in [0, 0.1) is 0 Å². The van der Waals surface area contributed by atoms with Crippen LogP contribution in [0.15, 0.2) is 30.3 Å². The van der Waals surface area contributed by atoms with Gasteiger partial charge < -0.3 is 5.11 Å². The molecule has 6 heteroatoms. The summed E-state index contributed by atoms with van der Waals surface area (Å²) in [6.07, 6.45) is -0.317. The van der Waals surface area contributed by atoms with Crippen LogP contribution in [0.1, 0.15) is 31.9 Å². The van der Waals surface area contributed by atoms with Crippen molar-refractivity contribution in [3.05, 3.63) is 35.9 Å². The van der Waals surface area contributed by atoms with Crippen molar-refractivity contribution < 1.29 is 13.5 Å². The summed E-state index contributed by atoms with van der Waals surface area (Å²) in [6.45, 7) is 3.81. The van der Waals surface area contributed by atoms with Gasteiger partial charge in [-0.3, -0.25) is 0 Å². The number of nitrogens with zero attached hydrogens (tertiary/aromatic N) is 1. The van der Waals surface area contributed by atoms with Crippen molar-refractivity contribution in [2.45, 2.75) is 32.4 Å². The van der Waals surface area contributed by atoms with Crippen LogP contribution in [0.2, 0.25) is 0 Å². The third-order valence-electron chi connectivity index (χ3n) is 2.99. The van der Waals surface area contributed by atoms with Gasteiger partial charge in [0, 0.05) is 19.6 Å². The average molecular weight is 286 g/mol. The van der Waals surface area contributed by atoms with Crippen molar-refractivity contribution in [3.8, 4) is 0 Å².